The van der Waals surface area contributed by atoms with Gasteiger partial charge in [-0.2, -0.15) is 0 Å². The van der Waals surface area contributed by atoms with Gasteiger partial charge in [-0.1, -0.05) is 0 Å². The van der Waals surface area contributed by atoms with Crippen molar-refractivity contribution in [2.75, 3.05) is 5.32 Å². The van der Waals surface area contributed by atoms with Crippen molar-refractivity contribution in [2.45, 2.75) is 13.8 Å². The number of nitrogens with zero attached hydrogens (tertiary/aromatic N) is 3. The van der Waals surface area contributed by atoms with Crippen LogP contribution in [0.1, 0.15) is 21.7 Å². The number of aromatic nitrogens is 3. The van der Waals surface area contributed by atoms with E-state index in [-0.39, 0.29) is 11.0 Å². The van der Waals surface area contributed by atoms with Crippen molar-refractivity contribution in [3.63, 3.8) is 0 Å². The van der Waals surface area contributed by atoms with E-state index in [4.69, 9.17) is 12.2 Å². The van der Waals surface area contributed by atoms with Gasteiger partial charge in [0.15, 0.2) is 5.11 Å². The molecule has 102 valence electrons. The number of aryl methyl sites for hydroxylation is 2. The number of hydrogen-bond acceptors (Lipinski definition) is 5. The van der Waals surface area contributed by atoms with E-state index < -0.39 is 0 Å². The molecule has 0 aliphatic rings. The number of thiocarbonyl (C=S) groups is 1. The molecule has 2 N–H and O–H groups in total. The molecule has 7 heteroatoms. The van der Waals surface area contributed by atoms with Crippen LogP contribution in [0.5, 0.6) is 0 Å². The summed E-state index contributed by atoms with van der Waals surface area (Å²) in [4.78, 5) is 24.1. The Kier molecular flexibility index (Phi) is 4.31. The summed E-state index contributed by atoms with van der Waals surface area (Å²) in [6.07, 6.45) is 3.08. The van der Waals surface area contributed by atoms with Gasteiger partial charge in [-0.15, -0.1) is 0 Å². The number of carbonyl (C=O) groups excluding carboxylic acids is 1. The van der Waals surface area contributed by atoms with Gasteiger partial charge in [0.1, 0.15) is 0 Å². The third kappa shape index (κ3) is 3.79. The Labute approximate surface area is 121 Å². The quantitative estimate of drug-likeness (QED) is 0.817. The molecule has 2 heterocycles. The van der Waals surface area contributed by atoms with Gasteiger partial charge in [-0.25, -0.2) is 9.97 Å². The van der Waals surface area contributed by atoms with Crippen LogP contribution in [0.3, 0.4) is 0 Å². The zero-order chi connectivity index (χ0) is 14.5. The normalized spacial score (nSPS) is 9.90. The van der Waals surface area contributed by atoms with Crippen molar-refractivity contribution in [2.24, 2.45) is 0 Å². The molecule has 0 saturated heterocycles. The lowest BCUT2D eigenvalue weighted by molar-refractivity contribution is 0.0977. The lowest BCUT2D eigenvalue weighted by atomic mass is 10.2. The fraction of sp³-hybridized carbons (Fsp3) is 0.154. The maximum absolute atomic E-state index is 11.9. The summed E-state index contributed by atoms with van der Waals surface area (Å²) < 4.78 is 0. The molecule has 2 aromatic rings. The van der Waals surface area contributed by atoms with Crippen molar-refractivity contribution in [1.82, 2.24) is 20.3 Å². The van der Waals surface area contributed by atoms with Crippen molar-refractivity contribution < 1.29 is 4.79 Å². The van der Waals surface area contributed by atoms with Crippen LogP contribution in [0.25, 0.3) is 0 Å². The van der Waals surface area contributed by atoms with Gasteiger partial charge in [-0.05, 0) is 44.3 Å². The second-order valence-electron chi connectivity index (χ2n) is 4.12. The molecular formula is C13H13N5OS. The Balaban J connectivity index is 2.01. The maximum Gasteiger partial charge on any atom is 0.257 e. The Morgan fingerprint density at radius 1 is 1.15 bits per heavy atom. The summed E-state index contributed by atoms with van der Waals surface area (Å²) in [6.45, 7) is 3.72. The fourth-order valence-electron chi connectivity index (χ4n) is 1.59. The van der Waals surface area contributed by atoms with E-state index >= 15 is 0 Å². The highest BCUT2D eigenvalue weighted by Crippen LogP contribution is 2.03. The van der Waals surface area contributed by atoms with E-state index in [1.165, 1.54) is 0 Å². The minimum Gasteiger partial charge on any atom is -0.301 e. The summed E-state index contributed by atoms with van der Waals surface area (Å²) in [5.74, 6) is 0.0526. The molecule has 20 heavy (non-hydrogen) atoms. The molecule has 0 aliphatic heterocycles. The van der Waals surface area contributed by atoms with Crippen molar-refractivity contribution in [1.29, 1.82) is 0 Å². The van der Waals surface area contributed by atoms with E-state index in [1.54, 1.807) is 24.5 Å². The van der Waals surface area contributed by atoms with Crippen LogP contribution in [-0.4, -0.2) is 26.0 Å². The van der Waals surface area contributed by atoms with Gasteiger partial charge in [0.25, 0.3) is 5.91 Å². The Bertz CT molecular complexity index is 624. The van der Waals surface area contributed by atoms with Gasteiger partial charge in [-0.3, -0.25) is 15.1 Å². The second-order valence-corrected chi connectivity index (χ2v) is 4.53. The van der Waals surface area contributed by atoms with Crippen LogP contribution in [-0.2, 0) is 0 Å². The first-order valence-electron chi connectivity index (χ1n) is 5.89. The number of pyridine rings is 1. The molecule has 0 saturated carbocycles. The number of rotatable bonds is 2. The van der Waals surface area contributed by atoms with E-state index in [9.17, 15) is 4.79 Å². The second kappa shape index (κ2) is 6.16. The van der Waals surface area contributed by atoms with Gasteiger partial charge in [0.05, 0.1) is 0 Å². The minimum absolute atomic E-state index is 0.150. The lowest BCUT2D eigenvalue weighted by Crippen LogP contribution is -2.34. The van der Waals surface area contributed by atoms with Gasteiger partial charge < -0.3 is 5.32 Å². The van der Waals surface area contributed by atoms with Gasteiger partial charge in [0.2, 0.25) is 5.95 Å². The van der Waals surface area contributed by atoms with E-state index in [1.807, 2.05) is 19.9 Å². The molecule has 0 unspecified atom stereocenters. The maximum atomic E-state index is 11.9. The zero-order valence-electron chi connectivity index (χ0n) is 11.0. The van der Waals surface area contributed by atoms with Crippen LogP contribution >= 0.6 is 12.2 Å². The van der Waals surface area contributed by atoms with Gasteiger partial charge >= 0.3 is 0 Å². The first kappa shape index (κ1) is 14.0. The number of hydrogen-bond donors (Lipinski definition) is 2. The molecule has 6 nitrogen and oxygen atoms in total. The monoisotopic (exact) mass is 287 g/mol. The highest BCUT2D eigenvalue weighted by Gasteiger charge is 2.08. The van der Waals surface area contributed by atoms with Crippen molar-refractivity contribution in [3.05, 3.63) is 47.5 Å². The summed E-state index contributed by atoms with van der Waals surface area (Å²) in [6, 6.07) is 5.06. The molecular weight excluding hydrogens is 274 g/mol. The standard InChI is InChI=1S/C13H13N5OS/c1-8-7-9(2)16-12(15-8)18-13(20)17-11(19)10-3-5-14-6-4-10/h3-7H,1-2H3,(H2,15,16,17,18,19,20). The summed E-state index contributed by atoms with van der Waals surface area (Å²) >= 11 is 5.06. The molecule has 2 rings (SSSR count). The highest BCUT2D eigenvalue weighted by molar-refractivity contribution is 7.80. The SMILES string of the molecule is Cc1cc(C)nc(NC(=S)NC(=O)c2ccncc2)n1. The topological polar surface area (TPSA) is 79.8 Å². The van der Waals surface area contributed by atoms with E-state index in [0.717, 1.165) is 11.4 Å². The highest BCUT2D eigenvalue weighted by atomic mass is 32.1. The average Bonchev–Trinajstić information content (AvgIpc) is 2.38. The van der Waals surface area contributed by atoms with Crippen LogP contribution in [0.15, 0.2) is 30.6 Å². The molecule has 0 spiro atoms. The van der Waals surface area contributed by atoms with Crippen LogP contribution in [0, 0.1) is 13.8 Å². The summed E-state index contributed by atoms with van der Waals surface area (Å²) in [5, 5.41) is 5.49. The van der Waals surface area contributed by atoms with Gasteiger partial charge in [0, 0.05) is 29.3 Å². The average molecular weight is 287 g/mol. The Morgan fingerprint density at radius 3 is 2.35 bits per heavy atom. The number of carbonyl (C=O) groups is 1. The molecule has 0 aromatic carbocycles. The van der Waals surface area contributed by atoms with Crippen molar-refractivity contribution in [3.8, 4) is 0 Å². The third-order valence-electron chi connectivity index (χ3n) is 2.38. The predicted molar refractivity (Wildman–Crippen MR) is 79.4 cm³/mol. The minimum atomic E-state index is -0.311. The predicted octanol–water partition coefficient (Wildman–Crippen LogP) is 1.62. The smallest absolute Gasteiger partial charge is 0.257 e. The lowest BCUT2D eigenvalue weighted by Gasteiger charge is -2.09. The largest absolute Gasteiger partial charge is 0.301 e. The summed E-state index contributed by atoms with van der Waals surface area (Å²) in [5.41, 5.74) is 2.12. The summed E-state index contributed by atoms with van der Waals surface area (Å²) in [7, 11) is 0. The first-order valence-corrected chi connectivity index (χ1v) is 6.30. The molecule has 1 amide bonds. The fourth-order valence-corrected chi connectivity index (χ4v) is 1.78. The molecule has 0 atom stereocenters. The van der Waals surface area contributed by atoms with Crippen LogP contribution < -0.4 is 10.6 Å². The van der Waals surface area contributed by atoms with Crippen LogP contribution in [0.2, 0.25) is 0 Å². The Hall–Kier alpha value is -2.41. The third-order valence-corrected chi connectivity index (χ3v) is 2.58. The Morgan fingerprint density at radius 2 is 1.75 bits per heavy atom. The van der Waals surface area contributed by atoms with Crippen molar-refractivity contribution >= 4 is 29.2 Å². The molecule has 0 bridgehead atoms. The molecule has 0 radical (unpaired) electrons. The molecule has 2 aromatic heterocycles. The zero-order valence-corrected chi connectivity index (χ0v) is 11.9. The van der Waals surface area contributed by atoms with E-state index in [2.05, 4.69) is 25.6 Å². The number of nitrogens with one attached hydrogen (secondary N) is 2. The molecule has 0 fully saturated rings. The first-order chi connectivity index (χ1) is 9.54. The number of anilines is 1. The molecule has 0 aliphatic carbocycles. The van der Waals surface area contributed by atoms with Crippen LogP contribution in [0.4, 0.5) is 5.95 Å². The number of amides is 1. The van der Waals surface area contributed by atoms with E-state index in [0.29, 0.717) is 11.5 Å².